The van der Waals surface area contributed by atoms with E-state index in [1.807, 2.05) is 0 Å². The molecule has 1 heterocycles. The van der Waals surface area contributed by atoms with Crippen LogP contribution >= 0.6 is 11.6 Å². The second-order valence-electron chi connectivity index (χ2n) is 2.17. The van der Waals surface area contributed by atoms with E-state index in [0.29, 0.717) is 5.56 Å². The van der Waals surface area contributed by atoms with Gasteiger partial charge in [0.05, 0.1) is 7.11 Å². The van der Waals surface area contributed by atoms with E-state index in [0.717, 1.165) is 0 Å². The average molecular weight is 202 g/mol. The molecular formula is C7H8ClN3O2. The Kier molecular flexibility index (Phi) is 2.92. The van der Waals surface area contributed by atoms with E-state index in [9.17, 15) is 0 Å². The van der Waals surface area contributed by atoms with Crippen LogP contribution in [0, 0.1) is 0 Å². The third-order valence-electron chi connectivity index (χ3n) is 1.43. The summed E-state index contributed by atoms with van der Waals surface area (Å²) in [5, 5.41) is 11.5. The maximum Gasteiger partial charge on any atom is 0.233 e. The number of hydrogen-bond acceptors (Lipinski definition) is 4. The fourth-order valence-electron chi connectivity index (χ4n) is 0.819. The number of halogens is 1. The summed E-state index contributed by atoms with van der Waals surface area (Å²) in [6, 6.07) is 1.53. The molecule has 0 aliphatic carbocycles. The summed E-state index contributed by atoms with van der Waals surface area (Å²) in [7, 11) is 1.43. The lowest BCUT2D eigenvalue weighted by Gasteiger charge is -2.05. The van der Waals surface area contributed by atoms with Gasteiger partial charge in [0.2, 0.25) is 5.88 Å². The minimum absolute atomic E-state index is 0.0781. The Labute approximate surface area is 79.8 Å². The maximum atomic E-state index is 8.42. The summed E-state index contributed by atoms with van der Waals surface area (Å²) in [6.45, 7) is 0. The number of rotatable bonds is 2. The fraction of sp³-hybridized carbons (Fsp3) is 0.143. The van der Waals surface area contributed by atoms with Gasteiger partial charge in [-0.3, -0.25) is 0 Å². The molecule has 1 rings (SSSR count). The van der Waals surface area contributed by atoms with Crippen LogP contribution in [-0.4, -0.2) is 23.1 Å². The maximum absolute atomic E-state index is 8.42. The summed E-state index contributed by atoms with van der Waals surface area (Å²) < 4.78 is 4.85. The van der Waals surface area contributed by atoms with Crippen molar-refractivity contribution in [1.29, 1.82) is 0 Å². The van der Waals surface area contributed by atoms with Gasteiger partial charge in [0, 0.05) is 11.8 Å². The van der Waals surface area contributed by atoms with Crippen LogP contribution in [-0.2, 0) is 0 Å². The Morgan fingerprint density at radius 3 is 3.00 bits per heavy atom. The fourth-order valence-corrected chi connectivity index (χ4v) is 1.10. The molecule has 1 aromatic rings. The van der Waals surface area contributed by atoms with Crippen molar-refractivity contribution in [2.75, 3.05) is 7.11 Å². The largest absolute Gasteiger partial charge is 0.480 e. The second-order valence-corrected chi connectivity index (χ2v) is 2.54. The molecule has 0 atom stereocenters. The summed E-state index contributed by atoms with van der Waals surface area (Å²) in [5.41, 5.74) is 5.74. The van der Waals surface area contributed by atoms with E-state index in [1.165, 1.54) is 19.4 Å². The highest BCUT2D eigenvalue weighted by molar-refractivity contribution is 6.35. The van der Waals surface area contributed by atoms with E-state index >= 15 is 0 Å². The van der Waals surface area contributed by atoms with Gasteiger partial charge in [0.15, 0.2) is 5.84 Å². The molecule has 0 aromatic carbocycles. The van der Waals surface area contributed by atoms with E-state index in [4.69, 9.17) is 27.3 Å². The molecule has 3 N–H and O–H groups in total. The quantitative estimate of drug-likeness (QED) is 0.322. The molecule has 0 saturated heterocycles. The Morgan fingerprint density at radius 2 is 2.46 bits per heavy atom. The number of hydrogen-bond donors (Lipinski definition) is 2. The van der Waals surface area contributed by atoms with Crippen LogP contribution in [0.15, 0.2) is 17.4 Å². The van der Waals surface area contributed by atoms with Crippen molar-refractivity contribution >= 4 is 17.4 Å². The highest BCUT2D eigenvalue weighted by Gasteiger charge is 2.10. The third-order valence-corrected chi connectivity index (χ3v) is 1.80. The topological polar surface area (TPSA) is 80.7 Å². The predicted molar refractivity (Wildman–Crippen MR) is 48.3 cm³/mol. The zero-order valence-electron chi connectivity index (χ0n) is 6.86. The molecule has 6 heteroatoms. The lowest BCUT2D eigenvalue weighted by atomic mass is 10.2. The van der Waals surface area contributed by atoms with Crippen molar-refractivity contribution in [3.05, 3.63) is 22.8 Å². The number of ether oxygens (including phenoxy) is 1. The van der Waals surface area contributed by atoms with Crippen LogP contribution in [0.25, 0.3) is 0 Å². The summed E-state index contributed by atoms with van der Waals surface area (Å²) in [4.78, 5) is 3.83. The lowest BCUT2D eigenvalue weighted by molar-refractivity contribution is 0.318. The number of methoxy groups -OCH3 is 1. The first-order valence-corrected chi connectivity index (χ1v) is 3.75. The van der Waals surface area contributed by atoms with Gasteiger partial charge in [-0.2, -0.15) is 0 Å². The van der Waals surface area contributed by atoms with E-state index in [2.05, 4.69) is 10.1 Å². The van der Waals surface area contributed by atoms with Gasteiger partial charge in [-0.1, -0.05) is 16.8 Å². The summed E-state index contributed by atoms with van der Waals surface area (Å²) >= 11 is 5.82. The number of oxime groups is 1. The van der Waals surface area contributed by atoms with Crippen molar-refractivity contribution in [2.45, 2.75) is 0 Å². The van der Waals surface area contributed by atoms with Gasteiger partial charge in [-0.05, 0) is 6.07 Å². The molecule has 0 radical (unpaired) electrons. The number of pyridine rings is 1. The first-order chi connectivity index (χ1) is 6.20. The zero-order valence-corrected chi connectivity index (χ0v) is 7.62. The number of nitrogens with two attached hydrogens (primary N) is 1. The van der Waals surface area contributed by atoms with Crippen molar-refractivity contribution in [2.24, 2.45) is 10.9 Å². The van der Waals surface area contributed by atoms with Crippen molar-refractivity contribution < 1.29 is 9.94 Å². The Morgan fingerprint density at radius 1 is 1.77 bits per heavy atom. The molecule has 1 aromatic heterocycles. The third kappa shape index (κ3) is 1.81. The molecule has 0 amide bonds. The van der Waals surface area contributed by atoms with Gasteiger partial charge in [0.1, 0.15) is 5.02 Å². The van der Waals surface area contributed by atoms with E-state index < -0.39 is 0 Å². The molecule has 0 fully saturated rings. The van der Waals surface area contributed by atoms with E-state index in [1.54, 1.807) is 0 Å². The molecule has 0 aliphatic rings. The molecular weight excluding hydrogens is 194 g/mol. The van der Waals surface area contributed by atoms with Crippen LogP contribution in [0.3, 0.4) is 0 Å². The smallest absolute Gasteiger partial charge is 0.233 e. The molecule has 70 valence electrons. The molecule has 0 saturated carbocycles. The summed E-state index contributed by atoms with van der Waals surface area (Å²) in [5.74, 6) is 0.163. The Hall–Kier alpha value is -1.49. The highest BCUT2D eigenvalue weighted by atomic mass is 35.5. The molecule has 0 aliphatic heterocycles. The van der Waals surface area contributed by atoms with Gasteiger partial charge in [-0.15, -0.1) is 0 Å². The summed E-state index contributed by atoms with van der Waals surface area (Å²) in [6.07, 6.45) is 1.46. The first-order valence-electron chi connectivity index (χ1n) is 3.37. The Bertz CT molecular complexity index is 341. The molecule has 5 nitrogen and oxygen atoms in total. The lowest BCUT2D eigenvalue weighted by Crippen LogP contribution is -2.14. The normalized spacial score (nSPS) is 11.4. The van der Waals surface area contributed by atoms with Gasteiger partial charge in [-0.25, -0.2) is 4.98 Å². The van der Waals surface area contributed by atoms with Gasteiger partial charge >= 0.3 is 0 Å². The van der Waals surface area contributed by atoms with Crippen molar-refractivity contribution in [1.82, 2.24) is 4.98 Å². The predicted octanol–water partition coefficient (Wildman–Crippen LogP) is 0.838. The Balaban J connectivity index is 3.23. The zero-order chi connectivity index (χ0) is 9.84. The SMILES string of the molecule is COc1nccc(/C(N)=N/O)c1Cl. The van der Waals surface area contributed by atoms with Crippen LogP contribution in [0.2, 0.25) is 5.02 Å². The van der Waals surface area contributed by atoms with Crippen LogP contribution < -0.4 is 10.5 Å². The molecule has 0 bridgehead atoms. The monoisotopic (exact) mass is 201 g/mol. The average Bonchev–Trinajstić information content (AvgIpc) is 2.17. The van der Waals surface area contributed by atoms with Crippen molar-refractivity contribution in [3.8, 4) is 5.88 Å². The van der Waals surface area contributed by atoms with Crippen LogP contribution in [0.4, 0.5) is 0 Å². The minimum Gasteiger partial charge on any atom is -0.480 e. The van der Waals surface area contributed by atoms with Crippen LogP contribution in [0.1, 0.15) is 5.56 Å². The first kappa shape index (κ1) is 9.60. The minimum atomic E-state index is -0.0781. The van der Waals surface area contributed by atoms with Crippen molar-refractivity contribution in [3.63, 3.8) is 0 Å². The number of amidine groups is 1. The number of aromatic nitrogens is 1. The van der Waals surface area contributed by atoms with Crippen LogP contribution in [0.5, 0.6) is 5.88 Å². The standard InChI is InChI=1S/C7H8ClN3O2/c1-13-7-5(8)4(2-3-10-7)6(9)11-12/h2-3,12H,1H3,(H2,9,11). The molecule has 0 spiro atoms. The van der Waals surface area contributed by atoms with E-state index in [-0.39, 0.29) is 16.7 Å². The second kappa shape index (κ2) is 3.95. The number of nitrogens with zero attached hydrogens (tertiary/aromatic N) is 2. The van der Waals surface area contributed by atoms with Gasteiger partial charge < -0.3 is 15.7 Å². The highest BCUT2D eigenvalue weighted by Crippen LogP contribution is 2.24. The molecule has 13 heavy (non-hydrogen) atoms. The molecule has 0 unspecified atom stereocenters. The van der Waals surface area contributed by atoms with Gasteiger partial charge in [0.25, 0.3) is 0 Å².